The second kappa shape index (κ2) is 10.00. The van der Waals surface area contributed by atoms with Crippen LogP contribution in [0.4, 0.5) is 0 Å². The molecular weight excluding hydrogens is 524 g/mol. The maximum absolute atomic E-state index is 14.0. The molecule has 2 aliphatic carbocycles. The van der Waals surface area contributed by atoms with E-state index in [0.717, 1.165) is 35.4 Å². The summed E-state index contributed by atoms with van der Waals surface area (Å²) >= 11 is 0. The normalized spacial score (nSPS) is 20.9. The van der Waals surface area contributed by atoms with Crippen LogP contribution in [-0.4, -0.2) is 38.5 Å². The van der Waals surface area contributed by atoms with Crippen molar-refractivity contribution in [3.05, 3.63) is 82.2 Å². The maximum atomic E-state index is 14.0. The number of ether oxygens (including phenoxy) is 1. The molecule has 5 rings (SSSR count). The van der Waals surface area contributed by atoms with Crippen LogP contribution in [0.1, 0.15) is 70.4 Å². The standard InChI is InChI=1S/C32H38N2O5S/c1-31(2)16-23-29(25(35)18-31)28(22-8-6-7-9-27(22)39-5)30-24(17-32(3,4)19-26(30)36)34(23)15-14-20-10-12-21(13-11-20)40(33,37)38/h6-13,28H,14-19H2,1-5H3,(H2,33,37,38). The Balaban J connectivity index is 1.66. The number of nitrogens with two attached hydrogens (primary N) is 1. The molecule has 0 saturated carbocycles. The second-order valence-corrected chi connectivity index (χ2v) is 14.4. The van der Waals surface area contributed by atoms with Crippen LogP contribution in [0.25, 0.3) is 0 Å². The molecule has 0 bridgehead atoms. The number of methoxy groups -OCH3 is 1. The van der Waals surface area contributed by atoms with Gasteiger partial charge in [0.2, 0.25) is 10.0 Å². The Labute approximate surface area is 237 Å². The van der Waals surface area contributed by atoms with Gasteiger partial charge in [-0.25, -0.2) is 13.6 Å². The van der Waals surface area contributed by atoms with Crippen molar-refractivity contribution < 1.29 is 22.7 Å². The van der Waals surface area contributed by atoms with Gasteiger partial charge in [-0.3, -0.25) is 9.59 Å². The van der Waals surface area contributed by atoms with E-state index in [1.165, 1.54) is 12.1 Å². The summed E-state index contributed by atoms with van der Waals surface area (Å²) in [7, 11) is -2.15. The van der Waals surface area contributed by atoms with Gasteiger partial charge in [0.1, 0.15) is 5.75 Å². The third-order valence-electron chi connectivity index (χ3n) is 8.35. The van der Waals surface area contributed by atoms with Crippen LogP contribution in [0.2, 0.25) is 0 Å². The van der Waals surface area contributed by atoms with Gasteiger partial charge in [0.05, 0.1) is 12.0 Å². The number of hydrogen-bond acceptors (Lipinski definition) is 6. The summed E-state index contributed by atoms with van der Waals surface area (Å²) in [5, 5.41) is 5.28. The molecule has 0 fully saturated rings. The van der Waals surface area contributed by atoms with Crippen molar-refractivity contribution in [2.75, 3.05) is 13.7 Å². The number of carbonyl (C=O) groups is 2. The van der Waals surface area contributed by atoms with E-state index in [9.17, 15) is 18.0 Å². The molecule has 0 radical (unpaired) electrons. The Morgan fingerprint density at radius 1 is 0.850 bits per heavy atom. The topological polar surface area (TPSA) is 107 Å². The lowest BCUT2D eigenvalue weighted by molar-refractivity contribution is -0.119. The van der Waals surface area contributed by atoms with E-state index in [-0.39, 0.29) is 27.3 Å². The fraction of sp³-hybridized carbons (Fsp3) is 0.438. The molecule has 3 aliphatic rings. The maximum Gasteiger partial charge on any atom is 0.238 e. The van der Waals surface area contributed by atoms with Crippen LogP contribution in [0.5, 0.6) is 5.75 Å². The second-order valence-electron chi connectivity index (χ2n) is 12.9. The Hall–Kier alpha value is -3.23. The largest absolute Gasteiger partial charge is 0.496 e. The van der Waals surface area contributed by atoms with Crippen molar-refractivity contribution in [2.45, 2.75) is 70.6 Å². The summed E-state index contributed by atoms with van der Waals surface area (Å²) < 4.78 is 29.2. The first-order valence-corrected chi connectivity index (χ1v) is 15.3. The molecule has 2 N–H and O–H groups in total. The van der Waals surface area contributed by atoms with Crippen LogP contribution in [-0.2, 0) is 26.0 Å². The summed E-state index contributed by atoms with van der Waals surface area (Å²) in [4.78, 5) is 30.2. The molecular formula is C32H38N2O5S. The molecule has 8 heteroatoms. The quantitative estimate of drug-likeness (QED) is 0.514. The molecule has 0 aromatic heterocycles. The molecule has 40 heavy (non-hydrogen) atoms. The highest BCUT2D eigenvalue weighted by Gasteiger charge is 2.49. The van der Waals surface area contributed by atoms with Gasteiger partial charge < -0.3 is 9.64 Å². The van der Waals surface area contributed by atoms with Gasteiger partial charge in [-0.1, -0.05) is 58.0 Å². The summed E-state index contributed by atoms with van der Waals surface area (Å²) in [6.45, 7) is 9.05. The molecule has 1 aliphatic heterocycles. The van der Waals surface area contributed by atoms with E-state index >= 15 is 0 Å². The summed E-state index contributed by atoms with van der Waals surface area (Å²) in [6.07, 6.45) is 2.89. The lowest BCUT2D eigenvalue weighted by Gasteiger charge is -2.49. The number of nitrogens with zero attached hydrogens (tertiary/aromatic N) is 1. The Morgan fingerprint density at radius 3 is 1.88 bits per heavy atom. The van der Waals surface area contributed by atoms with Crippen LogP contribution in [0.15, 0.2) is 76.0 Å². The van der Waals surface area contributed by atoms with Crippen molar-refractivity contribution in [3.63, 3.8) is 0 Å². The number of carbonyl (C=O) groups excluding carboxylic acids is 2. The molecule has 7 nitrogen and oxygen atoms in total. The highest BCUT2D eigenvalue weighted by Crippen LogP contribution is 2.55. The highest BCUT2D eigenvalue weighted by molar-refractivity contribution is 7.89. The molecule has 2 aromatic rings. The summed E-state index contributed by atoms with van der Waals surface area (Å²) in [5.74, 6) is 0.367. The molecule has 0 amide bonds. The Morgan fingerprint density at radius 2 is 1.38 bits per heavy atom. The van der Waals surface area contributed by atoms with Crippen molar-refractivity contribution in [2.24, 2.45) is 16.0 Å². The average molecular weight is 563 g/mol. The monoisotopic (exact) mass is 562 g/mol. The first kappa shape index (κ1) is 28.3. The SMILES string of the molecule is COc1ccccc1C1C2=C(CC(C)(C)CC2=O)N(CCc2ccc(S(N)(=O)=O)cc2)C2=C1C(=O)CC(C)(C)C2. The number of benzene rings is 2. The molecule has 212 valence electrons. The van der Waals surface area contributed by atoms with Gasteiger partial charge in [0.25, 0.3) is 0 Å². The first-order chi connectivity index (χ1) is 18.7. The van der Waals surface area contributed by atoms with Crippen molar-refractivity contribution in [1.82, 2.24) is 4.90 Å². The summed E-state index contributed by atoms with van der Waals surface area (Å²) in [6, 6.07) is 14.3. The van der Waals surface area contributed by atoms with Gasteiger partial charge >= 0.3 is 0 Å². The van der Waals surface area contributed by atoms with Gasteiger partial charge in [0.15, 0.2) is 11.6 Å². The lowest BCUT2D eigenvalue weighted by atomic mass is 9.63. The van der Waals surface area contributed by atoms with E-state index in [0.29, 0.717) is 42.7 Å². The van der Waals surface area contributed by atoms with Crippen molar-refractivity contribution in [3.8, 4) is 5.75 Å². The molecule has 2 aromatic carbocycles. The third kappa shape index (κ3) is 5.27. The number of allylic oxidation sites excluding steroid dienone is 4. The van der Waals surface area contributed by atoms with Crippen molar-refractivity contribution >= 4 is 21.6 Å². The van der Waals surface area contributed by atoms with Crippen molar-refractivity contribution in [1.29, 1.82) is 0 Å². The van der Waals surface area contributed by atoms with E-state index in [2.05, 4.69) is 32.6 Å². The predicted octanol–water partition coefficient (Wildman–Crippen LogP) is 5.27. The number of Topliss-reactive ketones (excluding diaryl/α,β-unsaturated/α-hetero) is 2. The number of primary sulfonamides is 1. The zero-order valence-electron chi connectivity index (χ0n) is 23.9. The van der Waals surface area contributed by atoms with Crippen LogP contribution < -0.4 is 9.88 Å². The minimum atomic E-state index is -3.77. The van der Waals surface area contributed by atoms with Gasteiger partial charge in [-0.15, -0.1) is 0 Å². The predicted molar refractivity (Wildman–Crippen MR) is 154 cm³/mol. The van der Waals surface area contributed by atoms with Gasteiger partial charge in [-0.05, 0) is 53.9 Å². The van der Waals surface area contributed by atoms with E-state index in [1.807, 2.05) is 24.3 Å². The van der Waals surface area contributed by atoms with Gasteiger partial charge in [-0.2, -0.15) is 0 Å². The average Bonchev–Trinajstić information content (AvgIpc) is 2.85. The van der Waals surface area contributed by atoms with E-state index in [4.69, 9.17) is 9.88 Å². The molecule has 0 unspecified atom stereocenters. The smallest absolute Gasteiger partial charge is 0.238 e. The Bertz CT molecular complexity index is 1490. The number of ketones is 2. The number of para-hydroxylation sites is 1. The highest BCUT2D eigenvalue weighted by atomic mass is 32.2. The summed E-state index contributed by atoms with van der Waals surface area (Å²) in [5.41, 5.74) is 4.76. The number of rotatable bonds is 6. The third-order valence-corrected chi connectivity index (χ3v) is 9.28. The minimum Gasteiger partial charge on any atom is -0.496 e. The first-order valence-electron chi connectivity index (χ1n) is 13.8. The van der Waals surface area contributed by atoms with Crippen LogP contribution >= 0.6 is 0 Å². The fourth-order valence-corrected chi connectivity index (χ4v) is 7.14. The zero-order chi connectivity index (χ0) is 29.0. The number of hydrogen-bond donors (Lipinski definition) is 1. The van der Waals surface area contributed by atoms with Gasteiger partial charge in [0, 0.05) is 53.4 Å². The minimum absolute atomic E-state index is 0.0723. The number of sulfonamides is 1. The molecule has 0 saturated heterocycles. The molecule has 1 heterocycles. The fourth-order valence-electron chi connectivity index (χ4n) is 6.62. The zero-order valence-corrected chi connectivity index (χ0v) is 24.7. The van der Waals surface area contributed by atoms with E-state index < -0.39 is 15.9 Å². The van der Waals surface area contributed by atoms with Crippen LogP contribution in [0, 0.1) is 10.8 Å². The lowest BCUT2D eigenvalue weighted by Crippen LogP contribution is -2.45. The Kier molecular flexibility index (Phi) is 7.07. The van der Waals surface area contributed by atoms with Crippen LogP contribution in [0.3, 0.4) is 0 Å². The molecule has 0 spiro atoms. The van der Waals surface area contributed by atoms with E-state index in [1.54, 1.807) is 19.2 Å². The molecule has 0 atom stereocenters.